The summed E-state index contributed by atoms with van der Waals surface area (Å²) in [5.74, 6) is 0.609. The molecule has 0 radical (unpaired) electrons. The molecule has 1 aromatic carbocycles. The summed E-state index contributed by atoms with van der Waals surface area (Å²) in [7, 11) is 0. The molecular formula is C15H20N2. The average Bonchev–Trinajstić information content (AvgIpc) is 2.73. The summed E-state index contributed by atoms with van der Waals surface area (Å²) in [6, 6.07) is 11.0. The first-order chi connectivity index (χ1) is 8.15. The summed E-state index contributed by atoms with van der Waals surface area (Å²) in [5, 5.41) is 7.23. The molecule has 90 valence electrons. The van der Waals surface area contributed by atoms with E-state index in [2.05, 4.69) is 54.4 Å². The smallest absolute Gasteiger partial charge is 0.0628 e. The van der Waals surface area contributed by atoms with Crippen LogP contribution in [0.15, 0.2) is 30.3 Å². The Kier molecular flexibility index (Phi) is 3.62. The van der Waals surface area contributed by atoms with Gasteiger partial charge in [0.1, 0.15) is 0 Å². The maximum Gasteiger partial charge on any atom is 0.0628 e. The molecule has 17 heavy (non-hydrogen) atoms. The van der Waals surface area contributed by atoms with Crippen LogP contribution in [-0.2, 0) is 12.8 Å². The van der Waals surface area contributed by atoms with Crippen LogP contribution < -0.4 is 0 Å². The summed E-state index contributed by atoms with van der Waals surface area (Å²) in [6.07, 6.45) is 2.06. The first-order valence-corrected chi connectivity index (χ1v) is 6.25. The van der Waals surface area contributed by atoms with E-state index in [1.807, 2.05) is 6.92 Å². The Morgan fingerprint density at radius 1 is 1.12 bits per heavy atom. The molecule has 1 heterocycles. The molecule has 0 atom stereocenters. The maximum absolute atomic E-state index is 4.25. The van der Waals surface area contributed by atoms with Gasteiger partial charge in [-0.05, 0) is 42.9 Å². The third-order valence-electron chi connectivity index (χ3n) is 3.08. The third-order valence-corrected chi connectivity index (χ3v) is 3.08. The van der Waals surface area contributed by atoms with Gasteiger partial charge in [0.05, 0.1) is 5.69 Å². The number of aromatic amines is 1. The van der Waals surface area contributed by atoms with Gasteiger partial charge in [-0.3, -0.25) is 5.10 Å². The second-order valence-electron chi connectivity index (χ2n) is 4.94. The van der Waals surface area contributed by atoms with Crippen LogP contribution in [0.1, 0.15) is 42.3 Å². The van der Waals surface area contributed by atoms with Crippen molar-refractivity contribution < 1.29 is 0 Å². The van der Waals surface area contributed by atoms with Crippen LogP contribution in [0.5, 0.6) is 0 Å². The van der Waals surface area contributed by atoms with E-state index in [-0.39, 0.29) is 0 Å². The summed E-state index contributed by atoms with van der Waals surface area (Å²) in [4.78, 5) is 0. The molecule has 0 spiro atoms. The lowest BCUT2D eigenvalue weighted by Crippen LogP contribution is -1.93. The van der Waals surface area contributed by atoms with Crippen molar-refractivity contribution in [2.75, 3.05) is 0 Å². The fourth-order valence-corrected chi connectivity index (χ4v) is 1.94. The average molecular weight is 228 g/mol. The van der Waals surface area contributed by atoms with Gasteiger partial charge in [-0.15, -0.1) is 0 Å². The SMILES string of the molecule is Cc1cc(CCc2ccc(C(C)C)cc2)n[nH]1. The highest BCUT2D eigenvalue weighted by molar-refractivity contribution is 5.25. The summed E-state index contributed by atoms with van der Waals surface area (Å²) in [5.41, 5.74) is 5.07. The molecule has 0 aliphatic rings. The van der Waals surface area contributed by atoms with Gasteiger partial charge in [0.15, 0.2) is 0 Å². The second-order valence-corrected chi connectivity index (χ2v) is 4.94. The van der Waals surface area contributed by atoms with Gasteiger partial charge in [-0.2, -0.15) is 5.10 Å². The van der Waals surface area contributed by atoms with Crippen molar-refractivity contribution in [2.24, 2.45) is 0 Å². The number of hydrogen-bond donors (Lipinski definition) is 1. The molecule has 1 N–H and O–H groups in total. The van der Waals surface area contributed by atoms with Gasteiger partial charge >= 0.3 is 0 Å². The van der Waals surface area contributed by atoms with E-state index in [4.69, 9.17) is 0 Å². The molecule has 0 unspecified atom stereocenters. The first kappa shape index (κ1) is 11.9. The van der Waals surface area contributed by atoms with Crippen molar-refractivity contribution in [3.8, 4) is 0 Å². The van der Waals surface area contributed by atoms with E-state index in [0.29, 0.717) is 5.92 Å². The van der Waals surface area contributed by atoms with E-state index in [1.165, 1.54) is 11.1 Å². The molecule has 0 saturated heterocycles. The van der Waals surface area contributed by atoms with Crippen molar-refractivity contribution in [3.05, 3.63) is 52.8 Å². The Morgan fingerprint density at radius 2 is 1.82 bits per heavy atom. The molecule has 0 amide bonds. The molecule has 0 bridgehead atoms. The van der Waals surface area contributed by atoms with E-state index in [0.717, 1.165) is 24.2 Å². The van der Waals surface area contributed by atoms with Gasteiger partial charge in [0.25, 0.3) is 0 Å². The van der Waals surface area contributed by atoms with Crippen LogP contribution in [0.4, 0.5) is 0 Å². The van der Waals surface area contributed by atoms with Gasteiger partial charge < -0.3 is 0 Å². The van der Waals surface area contributed by atoms with E-state index in [9.17, 15) is 0 Å². The van der Waals surface area contributed by atoms with Crippen LogP contribution >= 0.6 is 0 Å². The van der Waals surface area contributed by atoms with Crippen molar-refractivity contribution in [1.82, 2.24) is 10.2 Å². The highest BCUT2D eigenvalue weighted by Gasteiger charge is 2.01. The highest BCUT2D eigenvalue weighted by Crippen LogP contribution is 2.15. The predicted octanol–water partition coefficient (Wildman–Crippen LogP) is 3.63. The Balaban J connectivity index is 1.95. The summed E-state index contributed by atoms with van der Waals surface area (Å²) < 4.78 is 0. The molecule has 2 aromatic rings. The summed E-state index contributed by atoms with van der Waals surface area (Å²) >= 11 is 0. The number of benzene rings is 1. The molecule has 2 rings (SSSR count). The number of aryl methyl sites for hydroxylation is 3. The zero-order valence-electron chi connectivity index (χ0n) is 10.8. The minimum Gasteiger partial charge on any atom is -0.283 e. The van der Waals surface area contributed by atoms with E-state index >= 15 is 0 Å². The molecule has 0 aliphatic carbocycles. The number of nitrogens with zero attached hydrogens (tertiary/aromatic N) is 1. The second kappa shape index (κ2) is 5.17. The number of aromatic nitrogens is 2. The Hall–Kier alpha value is -1.57. The van der Waals surface area contributed by atoms with Gasteiger partial charge in [0.2, 0.25) is 0 Å². The first-order valence-electron chi connectivity index (χ1n) is 6.25. The molecule has 0 fully saturated rings. The minimum atomic E-state index is 0.609. The summed E-state index contributed by atoms with van der Waals surface area (Å²) in [6.45, 7) is 6.48. The topological polar surface area (TPSA) is 28.7 Å². The molecule has 1 aromatic heterocycles. The number of H-pyrrole nitrogens is 1. The van der Waals surface area contributed by atoms with Crippen molar-refractivity contribution in [1.29, 1.82) is 0 Å². The lowest BCUT2D eigenvalue weighted by atomic mass is 10.00. The Labute approximate surface area is 103 Å². The van der Waals surface area contributed by atoms with Crippen LogP contribution in [-0.4, -0.2) is 10.2 Å². The normalized spacial score (nSPS) is 11.1. The quantitative estimate of drug-likeness (QED) is 0.850. The maximum atomic E-state index is 4.25. The lowest BCUT2D eigenvalue weighted by molar-refractivity contribution is 0.858. The third kappa shape index (κ3) is 3.19. The highest BCUT2D eigenvalue weighted by atomic mass is 15.1. The van der Waals surface area contributed by atoms with Gasteiger partial charge in [-0.25, -0.2) is 0 Å². The fraction of sp³-hybridized carbons (Fsp3) is 0.400. The molecule has 2 nitrogen and oxygen atoms in total. The standard InChI is InChI=1S/C15H20N2/c1-11(2)14-7-4-13(5-8-14)6-9-15-10-12(3)16-17-15/h4-5,7-8,10-11H,6,9H2,1-3H3,(H,16,17). The zero-order valence-corrected chi connectivity index (χ0v) is 10.8. The van der Waals surface area contributed by atoms with Crippen molar-refractivity contribution in [3.63, 3.8) is 0 Å². The Bertz CT molecular complexity index is 466. The monoisotopic (exact) mass is 228 g/mol. The number of hydrogen-bond acceptors (Lipinski definition) is 1. The largest absolute Gasteiger partial charge is 0.283 e. The van der Waals surface area contributed by atoms with E-state index in [1.54, 1.807) is 0 Å². The predicted molar refractivity (Wildman–Crippen MR) is 71.3 cm³/mol. The Morgan fingerprint density at radius 3 is 2.35 bits per heavy atom. The molecular weight excluding hydrogens is 208 g/mol. The molecule has 2 heteroatoms. The minimum absolute atomic E-state index is 0.609. The van der Waals surface area contributed by atoms with Crippen LogP contribution in [0.2, 0.25) is 0 Å². The van der Waals surface area contributed by atoms with Gasteiger partial charge in [-0.1, -0.05) is 38.1 Å². The van der Waals surface area contributed by atoms with Crippen molar-refractivity contribution in [2.45, 2.75) is 39.5 Å². The lowest BCUT2D eigenvalue weighted by Gasteiger charge is -2.06. The van der Waals surface area contributed by atoms with E-state index < -0.39 is 0 Å². The molecule has 0 saturated carbocycles. The molecule has 0 aliphatic heterocycles. The zero-order chi connectivity index (χ0) is 12.3. The fourth-order valence-electron chi connectivity index (χ4n) is 1.94. The number of nitrogens with one attached hydrogen (secondary N) is 1. The number of rotatable bonds is 4. The van der Waals surface area contributed by atoms with Crippen LogP contribution in [0.3, 0.4) is 0 Å². The van der Waals surface area contributed by atoms with Crippen LogP contribution in [0.25, 0.3) is 0 Å². The van der Waals surface area contributed by atoms with Crippen LogP contribution in [0, 0.1) is 6.92 Å². The van der Waals surface area contributed by atoms with Gasteiger partial charge in [0, 0.05) is 5.69 Å². The van der Waals surface area contributed by atoms with Crippen molar-refractivity contribution >= 4 is 0 Å².